The summed E-state index contributed by atoms with van der Waals surface area (Å²) in [5.74, 6) is -0.577. The third-order valence-electron chi connectivity index (χ3n) is 7.66. The fraction of sp³-hybridized carbons (Fsp3) is 0.433. The summed E-state index contributed by atoms with van der Waals surface area (Å²) in [5.41, 5.74) is 3.36. The van der Waals surface area contributed by atoms with Crippen molar-refractivity contribution in [1.82, 2.24) is 14.9 Å². The van der Waals surface area contributed by atoms with Gasteiger partial charge in [-0.05, 0) is 59.0 Å². The molecule has 1 fully saturated rings. The highest BCUT2D eigenvalue weighted by molar-refractivity contribution is 5.73. The Labute approximate surface area is 228 Å². The summed E-state index contributed by atoms with van der Waals surface area (Å²) in [5, 5.41) is 0. The summed E-state index contributed by atoms with van der Waals surface area (Å²) in [6.45, 7) is 14.7. The third-order valence-corrected chi connectivity index (χ3v) is 7.66. The van der Waals surface area contributed by atoms with E-state index in [1.54, 1.807) is 6.07 Å². The number of hydrogen-bond acceptors (Lipinski definition) is 6. The van der Waals surface area contributed by atoms with Crippen LogP contribution in [-0.4, -0.2) is 67.3 Å². The van der Waals surface area contributed by atoms with Crippen LogP contribution >= 0.6 is 0 Å². The molecule has 0 bridgehead atoms. The summed E-state index contributed by atoms with van der Waals surface area (Å²) < 4.78 is 35.5. The van der Waals surface area contributed by atoms with Crippen molar-refractivity contribution in [2.75, 3.05) is 50.1 Å². The number of rotatable bonds is 6. The van der Waals surface area contributed by atoms with Crippen LogP contribution in [0.25, 0.3) is 16.1 Å². The average molecular weight is 533 g/mol. The van der Waals surface area contributed by atoms with Crippen LogP contribution in [-0.2, 0) is 6.42 Å². The van der Waals surface area contributed by atoms with E-state index >= 15 is 4.39 Å². The van der Waals surface area contributed by atoms with Gasteiger partial charge in [-0.2, -0.15) is 0 Å². The average Bonchev–Trinajstić information content (AvgIpc) is 2.93. The minimum Gasteiger partial charge on any atom is -0.486 e. The number of anilines is 2. The zero-order valence-corrected chi connectivity index (χ0v) is 22.9. The Morgan fingerprint density at radius 1 is 1.08 bits per heavy atom. The molecule has 0 unspecified atom stereocenters. The van der Waals surface area contributed by atoms with Gasteiger partial charge in [0.05, 0.1) is 25.0 Å². The molecule has 0 spiro atoms. The Balaban J connectivity index is 1.40. The van der Waals surface area contributed by atoms with Crippen LogP contribution in [0.5, 0.6) is 5.75 Å². The fourth-order valence-electron chi connectivity index (χ4n) is 5.51. The highest BCUT2D eigenvalue weighted by Crippen LogP contribution is 2.39. The van der Waals surface area contributed by atoms with Crippen molar-refractivity contribution in [3.63, 3.8) is 0 Å². The molecular weight excluding hydrogens is 498 g/mol. The number of fused-ring (bicyclic) bond motifs is 1. The SMILES string of the molecule is [C-]#[N+]c1cc(Cc2ncc(F)c(-c3cc(F)c4c(c3)N(C(C)C)CCO4)n2)ccc1N1CCC(N(C)C)CC1. The first-order valence-corrected chi connectivity index (χ1v) is 13.4. The van der Waals surface area contributed by atoms with Gasteiger partial charge in [0.15, 0.2) is 17.4 Å². The molecule has 0 aliphatic carbocycles. The molecule has 39 heavy (non-hydrogen) atoms. The molecule has 3 aromatic rings. The van der Waals surface area contributed by atoms with E-state index in [1.807, 2.05) is 36.9 Å². The first-order chi connectivity index (χ1) is 18.7. The van der Waals surface area contributed by atoms with Gasteiger partial charge in [-0.3, -0.25) is 0 Å². The molecule has 0 atom stereocenters. The molecule has 9 heteroatoms. The summed E-state index contributed by atoms with van der Waals surface area (Å²) in [6.07, 6.45) is 3.57. The maximum Gasteiger partial charge on any atom is 0.210 e. The quantitative estimate of drug-likeness (QED) is 0.380. The van der Waals surface area contributed by atoms with Crippen molar-refractivity contribution in [2.24, 2.45) is 0 Å². The minimum atomic E-state index is -0.621. The zero-order chi connectivity index (χ0) is 27.7. The van der Waals surface area contributed by atoms with Crippen molar-refractivity contribution < 1.29 is 13.5 Å². The maximum atomic E-state index is 15.0. The van der Waals surface area contributed by atoms with Crippen LogP contribution in [0.1, 0.15) is 38.1 Å². The zero-order valence-electron chi connectivity index (χ0n) is 22.9. The van der Waals surface area contributed by atoms with Gasteiger partial charge in [-0.25, -0.2) is 23.6 Å². The lowest BCUT2D eigenvalue weighted by molar-refractivity contribution is 0.250. The summed E-state index contributed by atoms with van der Waals surface area (Å²) >= 11 is 0. The second-order valence-electron chi connectivity index (χ2n) is 10.7. The summed E-state index contributed by atoms with van der Waals surface area (Å²) in [7, 11) is 4.22. The monoisotopic (exact) mass is 532 g/mol. The fourth-order valence-corrected chi connectivity index (χ4v) is 5.51. The predicted octanol–water partition coefficient (Wildman–Crippen LogP) is 5.70. The van der Waals surface area contributed by atoms with Gasteiger partial charge in [-0.15, -0.1) is 0 Å². The van der Waals surface area contributed by atoms with E-state index < -0.39 is 11.6 Å². The van der Waals surface area contributed by atoms with E-state index in [0.29, 0.717) is 48.4 Å². The summed E-state index contributed by atoms with van der Waals surface area (Å²) in [4.78, 5) is 19.1. The Morgan fingerprint density at radius 3 is 2.54 bits per heavy atom. The van der Waals surface area contributed by atoms with Crippen LogP contribution in [0.15, 0.2) is 36.5 Å². The summed E-state index contributed by atoms with van der Waals surface area (Å²) in [6, 6.07) is 9.52. The van der Waals surface area contributed by atoms with E-state index in [4.69, 9.17) is 11.3 Å². The van der Waals surface area contributed by atoms with Crippen molar-refractivity contribution >= 4 is 17.1 Å². The molecule has 0 N–H and O–H groups in total. The highest BCUT2D eigenvalue weighted by atomic mass is 19.1. The van der Waals surface area contributed by atoms with E-state index in [1.165, 1.54) is 6.07 Å². The lowest BCUT2D eigenvalue weighted by Crippen LogP contribution is -2.42. The van der Waals surface area contributed by atoms with Crippen LogP contribution < -0.4 is 14.5 Å². The second-order valence-corrected chi connectivity index (χ2v) is 10.7. The van der Waals surface area contributed by atoms with E-state index in [-0.39, 0.29) is 17.5 Å². The van der Waals surface area contributed by atoms with E-state index in [9.17, 15) is 4.39 Å². The molecular formula is C30H34F2N6O. The van der Waals surface area contributed by atoms with Gasteiger partial charge < -0.3 is 19.4 Å². The van der Waals surface area contributed by atoms with Gasteiger partial charge in [0.2, 0.25) is 5.69 Å². The molecule has 2 aromatic carbocycles. The largest absolute Gasteiger partial charge is 0.486 e. The number of halogens is 2. The molecule has 0 amide bonds. The molecule has 3 heterocycles. The molecule has 204 valence electrons. The topological polar surface area (TPSA) is 49.1 Å². The number of hydrogen-bond donors (Lipinski definition) is 0. The first-order valence-electron chi connectivity index (χ1n) is 13.4. The number of nitrogens with zero attached hydrogens (tertiary/aromatic N) is 6. The normalized spacial score (nSPS) is 15.9. The van der Waals surface area contributed by atoms with Crippen molar-refractivity contribution in [3.05, 3.63) is 71.0 Å². The smallest absolute Gasteiger partial charge is 0.210 e. The molecule has 1 aromatic heterocycles. The molecule has 0 saturated carbocycles. The molecule has 7 nitrogen and oxygen atoms in total. The molecule has 2 aliphatic rings. The Bertz CT molecular complexity index is 1390. The third kappa shape index (κ3) is 5.52. The Kier molecular flexibility index (Phi) is 7.67. The van der Waals surface area contributed by atoms with Gasteiger partial charge in [0.25, 0.3) is 0 Å². The number of aromatic nitrogens is 2. The lowest BCUT2D eigenvalue weighted by Gasteiger charge is -2.37. The van der Waals surface area contributed by atoms with E-state index in [2.05, 4.69) is 38.7 Å². The number of benzene rings is 2. The second kappa shape index (κ2) is 11.1. The van der Waals surface area contributed by atoms with Crippen molar-refractivity contribution in [2.45, 2.75) is 45.2 Å². The van der Waals surface area contributed by atoms with Crippen molar-refractivity contribution in [3.8, 4) is 17.0 Å². The highest BCUT2D eigenvalue weighted by Gasteiger charge is 2.26. The Morgan fingerprint density at radius 2 is 1.85 bits per heavy atom. The standard InChI is InChI=1S/C30H34F2N6O/c1-19(2)38-12-13-39-30-23(31)16-21(17-27(30)38)29-24(32)18-34-28(35-29)15-20-6-7-26(25(14-20)33-3)37-10-8-22(9-11-37)36(4)5/h6-7,14,16-19,22H,8-13,15H2,1-2,4-5H3. The molecule has 2 aliphatic heterocycles. The van der Waals surface area contributed by atoms with Gasteiger partial charge >= 0.3 is 0 Å². The predicted molar refractivity (Wildman–Crippen MR) is 150 cm³/mol. The number of piperidine rings is 1. The molecule has 5 rings (SSSR count). The van der Waals surface area contributed by atoms with Crippen LogP contribution in [0, 0.1) is 18.2 Å². The van der Waals surface area contributed by atoms with Crippen LogP contribution in [0.4, 0.5) is 25.8 Å². The molecule has 1 saturated heterocycles. The van der Waals surface area contributed by atoms with Crippen LogP contribution in [0.3, 0.4) is 0 Å². The van der Waals surface area contributed by atoms with Gasteiger partial charge in [0.1, 0.15) is 18.1 Å². The lowest BCUT2D eigenvalue weighted by atomic mass is 10.0. The van der Waals surface area contributed by atoms with Crippen molar-refractivity contribution in [1.29, 1.82) is 0 Å². The van der Waals surface area contributed by atoms with E-state index in [0.717, 1.165) is 43.4 Å². The Hall–Kier alpha value is -3.77. The first kappa shape index (κ1) is 26.8. The van der Waals surface area contributed by atoms with Gasteiger partial charge in [-0.1, -0.05) is 17.7 Å². The minimum absolute atomic E-state index is 0.0433. The number of ether oxygens (including phenoxy) is 1. The molecule has 0 radical (unpaired) electrons. The maximum absolute atomic E-state index is 15.0. The van der Waals surface area contributed by atoms with Crippen LogP contribution in [0.2, 0.25) is 0 Å². The van der Waals surface area contributed by atoms with Gasteiger partial charge in [0, 0.05) is 42.8 Å².